The molecule has 0 fully saturated rings. The van der Waals surface area contributed by atoms with Crippen molar-refractivity contribution in [2.45, 2.75) is 13.1 Å². The highest BCUT2D eigenvalue weighted by Crippen LogP contribution is 2.28. The maximum atomic E-state index is 14.8. The van der Waals surface area contributed by atoms with Crippen molar-refractivity contribution in [3.63, 3.8) is 0 Å². The van der Waals surface area contributed by atoms with Gasteiger partial charge >= 0.3 is 0 Å². The summed E-state index contributed by atoms with van der Waals surface area (Å²) < 4.78 is 16.1. The topological polar surface area (TPSA) is 71.8 Å². The van der Waals surface area contributed by atoms with Gasteiger partial charge in [-0.05, 0) is 41.0 Å². The Kier molecular flexibility index (Phi) is 3.87. The number of benzene rings is 2. The first-order valence-corrected chi connectivity index (χ1v) is 8.90. The molecule has 0 spiro atoms. The van der Waals surface area contributed by atoms with Crippen molar-refractivity contribution in [3.8, 4) is 11.1 Å². The largest absolute Gasteiger partial charge is 0.321 e. The Hall–Kier alpha value is -3.58. The highest BCUT2D eigenvalue weighted by Gasteiger charge is 2.13. The summed E-state index contributed by atoms with van der Waals surface area (Å²) in [6.07, 6.45) is 2.98. The lowest BCUT2D eigenvalue weighted by Crippen LogP contribution is -2.22. The second-order valence-electron chi connectivity index (χ2n) is 6.71. The average Bonchev–Trinajstić information content (AvgIpc) is 3.19. The maximum Gasteiger partial charge on any atom is 0.280 e. The number of hydrazine groups is 1. The molecule has 2 aromatic carbocycles. The Morgan fingerprint density at radius 3 is 2.82 bits per heavy atom. The molecule has 0 atom stereocenters. The van der Waals surface area contributed by atoms with Crippen LogP contribution in [0.1, 0.15) is 11.1 Å². The van der Waals surface area contributed by atoms with Crippen LogP contribution in [0.25, 0.3) is 22.2 Å². The molecule has 0 saturated heterocycles. The second-order valence-corrected chi connectivity index (χ2v) is 6.71. The van der Waals surface area contributed by atoms with Gasteiger partial charge in [0.05, 0.1) is 24.1 Å². The molecule has 2 N–H and O–H groups in total. The quantitative estimate of drug-likeness (QED) is 0.578. The van der Waals surface area contributed by atoms with E-state index in [0.717, 1.165) is 23.4 Å². The maximum absolute atomic E-state index is 14.8. The zero-order valence-electron chi connectivity index (χ0n) is 14.8. The molecule has 138 valence electrons. The Bertz CT molecular complexity index is 1270. The zero-order valence-corrected chi connectivity index (χ0v) is 14.8. The SMILES string of the molecule is O=c1c2ncccc2ncn1Cc1ccc(-c2ccc3c(c2)NNC3)cc1F. The van der Waals surface area contributed by atoms with Crippen LogP contribution >= 0.6 is 0 Å². The molecule has 3 heterocycles. The summed E-state index contributed by atoms with van der Waals surface area (Å²) in [5, 5.41) is 0. The molecule has 28 heavy (non-hydrogen) atoms. The van der Waals surface area contributed by atoms with E-state index in [9.17, 15) is 9.18 Å². The molecule has 7 heteroatoms. The van der Waals surface area contributed by atoms with Gasteiger partial charge in [-0.2, -0.15) is 0 Å². The number of hydrogen-bond donors (Lipinski definition) is 2. The van der Waals surface area contributed by atoms with Crippen molar-refractivity contribution in [1.82, 2.24) is 20.0 Å². The molecule has 4 aromatic rings. The van der Waals surface area contributed by atoms with Gasteiger partial charge in [-0.15, -0.1) is 0 Å². The summed E-state index contributed by atoms with van der Waals surface area (Å²) in [5.41, 5.74) is 11.0. The number of hydrogen-bond acceptors (Lipinski definition) is 5. The number of pyridine rings is 1. The molecular weight excluding hydrogens is 357 g/mol. The third-order valence-electron chi connectivity index (χ3n) is 4.92. The summed E-state index contributed by atoms with van der Waals surface area (Å²) in [6, 6.07) is 14.5. The van der Waals surface area contributed by atoms with Crippen LogP contribution in [0, 0.1) is 5.82 Å². The molecule has 2 aromatic heterocycles. The standard InChI is InChI=1S/C21H16FN5O/c22-17-8-13(14-3-5-15-10-25-26-19(15)9-14)4-6-16(17)11-27-12-24-18-2-1-7-23-20(18)21(27)28/h1-9,12,25-26H,10-11H2. The van der Waals surface area contributed by atoms with E-state index in [4.69, 9.17) is 0 Å². The molecule has 1 aliphatic rings. The van der Waals surface area contributed by atoms with Gasteiger partial charge in [0.15, 0.2) is 5.52 Å². The van der Waals surface area contributed by atoms with E-state index in [1.54, 1.807) is 24.4 Å². The minimum Gasteiger partial charge on any atom is -0.321 e. The van der Waals surface area contributed by atoms with E-state index in [1.807, 2.05) is 24.3 Å². The molecule has 0 aliphatic carbocycles. The molecule has 6 nitrogen and oxygen atoms in total. The Morgan fingerprint density at radius 1 is 1.07 bits per heavy atom. The molecule has 0 radical (unpaired) electrons. The fourth-order valence-electron chi connectivity index (χ4n) is 3.40. The molecule has 1 aliphatic heterocycles. The van der Waals surface area contributed by atoms with Gasteiger partial charge < -0.3 is 5.43 Å². The lowest BCUT2D eigenvalue weighted by molar-refractivity contribution is 0.595. The number of rotatable bonds is 3. The highest BCUT2D eigenvalue weighted by molar-refractivity contribution is 5.72. The predicted octanol–water partition coefficient (Wildman–Crippen LogP) is 3.08. The Balaban J connectivity index is 1.47. The van der Waals surface area contributed by atoms with E-state index in [-0.39, 0.29) is 23.4 Å². The summed E-state index contributed by atoms with van der Waals surface area (Å²) in [4.78, 5) is 20.9. The summed E-state index contributed by atoms with van der Waals surface area (Å²) >= 11 is 0. The number of aromatic nitrogens is 3. The van der Waals surface area contributed by atoms with Crippen LogP contribution in [-0.4, -0.2) is 14.5 Å². The Morgan fingerprint density at radius 2 is 1.93 bits per heavy atom. The average molecular weight is 373 g/mol. The second kappa shape index (κ2) is 6.54. The van der Waals surface area contributed by atoms with Crippen LogP contribution in [0.15, 0.2) is 65.8 Å². The lowest BCUT2D eigenvalue weighted by atomic mass is 10.0. The molecule has 0 bridgehead atoms. The monoisotopic (exact) mass is 373 g/mol. The molecule has 0 saturated carbocycles. The molecule has 0 amide bonds. The number of anilines is 1. The van der Waals surface area contributed by atoms with Crippen LogP contribution < -0.4 is 16.4 Å². The molecule has 5 rings (SSSR count). The smallest absolute Gasteiger partial charge is 0.280 e. The van der Waals surface area contributed by atoms with Crippen molar-refractivity contribution < 1.29 is 4.39 Å². The van der Waals surface area contributed by atoms with E-state index < -0.39 is 0 Å². The van der Waals surface area contributed by atoms with Crippen molar-refractivity contribution >= 4 is 16.7 Å². The summed E-state index contributed by atoms with van der Waals surface area (Å²) in [6.45, 7) is 0.867. The first-order valence-electron chi connectivity index (χ1n) is 8.90. The van der Waals surface area contributed by atoms with Crippen LogP contribution in [0.5, 0.6) is 0 Å². The van der Waals surface area contributed by atoms with E-state index in [1.165, 1.54) is 22.5 Å². The van der Waals surface area contributed by atoms with Crippen LogP contribution in [0.2, 0.25) is 0 Å². The summed E-state index contributed by atoms with van der Waals surface area (Å²) in [7, 11) is 0. The minimum absolute atomic E-state index is 0.0973. The normalized spacial score (nSPS) is 12.8. The fourth-order valence-corrected chi connectivity index (χ4v) is 3.40. The third kappa shape index (κ3) is 2.82. The van der Waals surface area contributed by atoms with Crippen molar-refractivity contribution in [3.05, 3.63) is 88.4 Å². The van der Waals surface area contributed by atoms with Crippen molar-refractivity contribution in [1.29, 1.82) is 0 Å². The van der Waals surface area contributed by atoms with Crippen LogP contribution in [-0.2, 0) is 13.1 Å². The third-order valence-corrected chi connectivity index (χ3v) is 4.92. The van der Waals surface area contributed by atoms with Crippen molar-refractivity contribution in [2.24, 2.45) is 0 Å². The van der Waals surface area contributed by atoms with Gasteiger partial charge in [0.2, 0.25) is 0 Å². The molecular formula is C21H16FN5O. The summed E-state index contributed by atoms with van der Waals surface area (Å²) in [5.74, 6) is -0.364. The number of halogens is 1. The number of nitrogens with zero attached hydrogens (tertiary/aromatic N) is 3. The van der Waals surface area contributed by atoms with Gasteiger partial charge in [-0.1, -0.05) is 24.3 Å². The van der Waals surface area contributed by atoms with E-state index >= 15 is 0 Å². The first-order chi connectivity index (χ1) is 13.7. The molecule has 0 unspecified atom stereocenters. The van der Waals surface area contributed by atoms with Crippen LogP contribution in [0.4, 0.5) is 10.1 Å². The first kappa shape index (κ1) is 16.6. The van der Waals surface area contributed by atoms with Gasteiger partial charge in [0, 0.05) is 18.3 Å². The van der Waals surface area contributed by atoms with Crippen molar-refractivity contribution in [2.75, 3.05) is 5.43 Å². The Labute approximate surface area is 159 Å². The van der Waals surface area contributed by atoms with Gasteiger partial charge in [0.25, 0.3) is 5.56 Å². The fraction of sp³-hybridized carbons (Fsp3) is 0.0952. The van der Waals surface area contributed by atoms with Crippen LogP contribution in [0.3, 0.4) is 0 Å². The van der Waals surface area contributed by atoms with Gasteiger partial charge in [-0.3, -0.25) is 9.36 Å². The highest BCUT2D eigenvalue weighted by atomic mass is 19.1. The minimum atomic E-state index is -0.364. The van der Waals surface area contributed by atoms with Gasteiger partial charge in [-0.25, -0.2) is 19.8 Å². The van der Waals surface area contributed by atoms with E-state index in [2.05, 4.69) is 20.8 Å². The van der Waals surface area contributed by atoms with Gasteiger partial charge in [0.1, 0.15) is 5.82 Å². The zero-order chi connectivity index (χ0) is 19.1. The number of fused-ring (bicyclic) bond motifs is 2. The predicted molar refractivity (Wildman–Crippen MR) is 105 cm³/mol. The van der Waals surface area contributed by atoms with E-state index in [0.29, 0.717) is 11.1 Å². The lowest BCUT2D eigenvalue weighted by Gasteiger charge is -2.10. The number of nitrogens with one attached hydrogen (secondary N) is 2.